The van der Waals surface area contributed by atoms with Gasteiger partial charge in [-0.15, -0.1) is 0 Å². The van der Waals surface area contributed by atoms with Gasteiger partial charge in [0.15, 0.2) is 5.17 Å². The van der Waals surface area contributed by atoms with Crippen molar-refractivity contribution in [3.05, 3.63) is 65.3 Å². The Morgan fingerprint density at radius 2 is 1.89 bits per heavy atom. The Labute approximate surface area is 160 Å². The fourth-order valence-corrected chi connectivity index (χ4v) is 6.23. The maximum Gasteiger partial charge on any atom is 0.252 e. The minimum atomic E-state index is -3.82. The monoisotopic (exact) mass is 404 g/mol. The molecule has 1 aromatic carbocycles. The van der Waals surface area contributed by atoms with Gasteiger partial charge in [0.05, 0.1) is 12.1 Å². The van der Waals surface area contributed by atoms with Crippen LogP contribution in [0.4, 0.5) is 0 Å². The Morgan fingerprint density at radius 1 is 1.19 bits per heavy atom. The van der Waals surface area contributed by atoms with E-state index in [-0.39, 0.29) is 17.5 Å². The molecule has 0 bridgehead atoms. The lowest BCUT2D eigenvalue weighted by Gasteiger charge is -2.22. The number of pyridine rings is 1. The van der Waals surface area contributed by atoms with Crippen LogP contribution in [0.1, 0.15) is 12.5 Å². The average molecular weight is 405 g/mol. The molecule has 7 nitrogen and oxygen atoms in total. The molecule has 9 heteroatoms. The van der Waals surface area contributed by atoms with Crippen LogP contribution >= 0.6 is 9.93 Å². The zero-order chi connectivity index (χ0) is 19.6. The Bertz CT molecular complexity index is 1020. The molecule has 142 valence electrons. The highest BCUT2D eigenvalue weighted by Gasteiger charge is 2.30. The normalized spacial score (nSPS) is 18.0. The molecule has 1 amide bonds. The number of amidine groups is 1. The number of hydrogen-bond acceptors (Lipinski definition) is 5. The summed E-state index contributed by atoms with van der Waals surface area (Å²) in [7, 11) is -4.13. The van der Waals surface area contributed by atoms with E-state index in [0.29, 0.717) is 5.70 Å². The number of allylic oxidation sites excluding steroid dienone is 1. The smallest absolute Gasteiger partial charge is 0.252 e. The van der Waals surface area contributed by atoms with E-state index in [2.05, 4.69) is 9.98 Å². The number of amides is 1. The lowest BCUT2D eigenvalue weighted by molar-refractivity contribution is -0.125. The number of carbonyl (C=O) groups is 1. The fourth-order valence-electron chi connectivity index (χ4n) is 2.61. The number of nitrogens with two attached hydrogens (primary N) is 1. The summed E-state index contributed by atoms with van der Waals surface area (Å²) in [5.41, 5.74) is 3.17. The van der Waals surface area contributed by atoms with Crippen molar-refractivity contribution >= 4 is 30.1 Å². The highest BCUT2D eigenvalue weighted by atomic mass is 33.2. The van der Waals surface area contributed by atoms with Crippen molar-refractivity contribution < 1.29 is 13.2 Å². The third kappa shape index (κ3) is 4.44. The van der Waals surface area contributed by atoms with Gasteiger partial charge in [0.2, 0.25) is 5.91 Å². The highest BCUT2D eigenvalue weighted by Crippen LogP contribution is 2.41. The van der Waals surface area contributed by atoms with Crippen LogP contribution in [0.2, 0.25) is 0 Å². The summed E-state index contributed by atoms with van der Waals surface area (Å²) in [6.45, 7) is 1.68. The summed E-state index contributed by atoms with van der Waals surface area (Å²) in [6, 6.07) is 13.2. The van der Waals surface area contributed by atoms with Gasteiger partial charge < -0.3 is 0 Å². The van der Waals surface area contributed by atoms with Crippen LogP contribution in [-0.2, 0) is 20.3 Å². The lowest BCUT2D eigenvalue weighted by atomic mass is 10.1. The molecule has 2 N–H and O–H groups in total. The molecule has 1 aromatic heterocycles. The summed E-state index contributed by atoms with van der Waals surface area (Å²) < 4.78 is 23.6. The van der Waals surface area contributed by atoms with E-state index < -0.39 is 19.0 Å². The standard InChI is InChI=1S/C18H20N4O3S2/c1-13-12-26(27(19,24)25)18(21-13)22(2)17(23)11-14-6-8-15(9-7-14)16-5-3-4-10-20-16/h3-10,12,26H,11H2,1-2H3,(H2,19,24,25). The molecule has 1 aliphatic heterocycles. The topological polar surface area (TPSA) is 106 Å². The number of nitrogens with zero attached hydrogens (tertiary/aromatic N) is 3. The third-order valence-electron chi connectivity index (χ3n) is 4.00. The second-order valence-electron chi connectivity index (χ2n) is 6.06. The van der Waals surface area contributed by atoms with Crippen LogP contribution in [0.5, 0.6) is 0 Å². The van der Waals surface area contributed by atoms with E-state index in [9.17, 15) is 13.2 Å². The molecule has 0 saturated heterocycles. The molecule has 0 radical (unpaired) electrons. The molecule has 0 spiro atoms. The molecule has 27 heavy (non-hydrogen) atoms. The van der Waals surface area contributed by atoms with Crippen LogP contribution in [0, 0.1) is 0 Å². The second kappa shape index (κ2) is 7.63. The minimum Gasteiger partial charge on any atom is -0.295 e. The molecule has 1 atom stereocenters. The van der Waals surface area contributed by atoms with Crippen LogP contribution in [0.25, 0.3) is 11.3 Å². The number of aromatic nitrogens is 1. The van der Waals surface area contributed by atoms with Crippen LogP contribution in [-0.4, -0.2) is 36.4 Å². The number of rotatable bonds is 4. The molecule has 2 heterocycles. The summed E-state index contributed by atoms with van der Waals surface area (Å²) in [5, 5.41) is 6.99. The first-order chi connectivity index (χ1) is 12.8. The first-order valence-corrected chi connectivity index (χ1v) is 11.7. The maximum atomic E-state index is 12.6. The van der Waals surface area contributed by atoms with Gasteiger partial charge in [0.25, 0.3) is 9.06 Å². The summed E-state index contributed by atoms with van der Waals surface area (Å²) >= 11 is 0. The van der Waals surface area contributed by atoms with Crippen molar-refractivity contribution in [1.29, 1.82) is 0 Å². The molecule has 2 aromatic rings. The first-order valence-electron chi connectivity index (χ1n) is 8.12. The van der Waals surface area contributed by atoms with Crippen molar-refractivity contribution in [1.82, 2.24) is 9.88 Å². The van der Waals surface area contributed by atoms with Gasteiger partial charge in [-0.3, -0.25) is 14.7 Å². The Morgan fingerprint density at radius 3 is 2.48 bits per heavy atom. The Hall–Kier alpha value is -2.49. The maximum absolute atomic E-state index is 12.6. The molecule has 1 unspecified atom stereocenters. The average Bonchev–Trinajstić information content (AvgIpc) is 3.04. The van der Waals surface area contributed by atoms with E-state index in [0.717, 1.165) is 16.8 Å². The predicted molar refractivity (Wildman–Crippen MR) is 109 cm³/mol. The SMILES string of the molecule is CC1=C[SH](S(N)(=O)=O)C(N(C)C(=O)Cc2ccc(-c3ccccn3)cc2)=N1. The molecule has 1 aliphatic rings. The quantitative estimate of drug-likeness (QED) is 0.602. The van der Waals surface area contributed by atoms with Crippen molar-refractivity contribution in [2.45, 2.75) is 13.3 Å². The van der Waals surface area contributed by atoms with Crippen LogP contribution in [0.3, 0.4) is 0 Å². The van der Waals surface area contributed by atoms with Gasteiger partial charge in [0.1, 0.15) is 0 Å². The van der Waals surface area contributed by atoms with Crippen molar-refractivity contribution in [3.63, 3.8) is 0 Å². The van der Waals surface area contributed by atoms with Crippen LogP contribution in [0.15, 0.2) is 64.8 Å². The van der Waals surface area contributed by atoms with Gasteiger partial charge in [-0.05, 0) is 30.0 Å². The zero-order valence-corrected chi connectivity index (χ0v) is 16.6. The fraction of sp³-hybridized carbons (Fsp3) is 0.167. The molecular weight excluding hydrogens is 384 g/mol. The number of likely N-dealkylation sites (N-methyl/N-ethyl adjacent to an activating group) is 1. The van der Waals surface area contributed by atoms with E-state index in [1.807, 2.05) is 42.5 Å². The number of benzene rings is 1. The van der Waals surface area contributed by atoms with Gasteiger partial charge in [-0.25, -0.2) is 18.5 Å². The second-order valence-corrected chi connectivity index (χ2v) is 11.1. The number of hydrogen-bond donors (Lipinski definition) is 2. The Kier molecular flexibility index (Phi) is 5.45. The largest absolute Gasteiger partial charge is 0.295 e. The number of aliphatic imine (C=N–C) groups is 1. The zero-order valence-electron chi connectivity index (χ0n) is 14.9. The van der Waals surface area contributed by atoms with Gasteiger partial charge in [-0.2, -0.15) is 0 Å². The van der Waals surface area contributed by atoms with Gasteiger partial charge in [-0.1, -0.05) is 40.3 Å². The summed E-state index contributed by atoms with van der Waals surface area (Å²) in [5.74, 6) is -0.251. The van der Waals surface area contributed by atoms with Crippen molar-refractivity contribution in [2.75, 3.05) is 7.05 Å². The third-order valence-corrected chi connectivity index (χ3v) is 8.40. The molecule has 0 saturated carbocycles. The molecule has 3 rings (SSSR count). The van der Waals surface area contributed by atoms with E-state index in [1.54, 1.807) is 13.1 Å². The molecular formula is C18H20N4O3S2. The van der Waals surface area contributed by atoms with Crippen molar-refractivity contribution in [2.24, 2.45) is 10.1 Å². The van der Waals surface area contributed by atoms with Gasteiger partial charge >= 0.3 is 0 Å². The number of thiol groups is 1. The van der Waals surface area contributed by atoms with E-state index >= 15 is 0 Å². The molecule has 0 fully saturated rings. The Balaban J connectivity index is 1.73. The summed E-state index contributed by atoms with van der Waals surface area (Å²) in [4.78, 5) is 22.4. The lowest BCUT2D eigenvalue weighted by Crippen LogP contribution is -2.35. The van der Waals surface area contributed by atoms with E-state index in [1.165, 1.54) is 17.4 Å². The van der Waals surface area contributed by atoms with Crippen LogP contribution < -0.4 is 5.14 Å². The number of carbonyl (C=O) groups excluding carboxylic acids is 1. The summed E-state index contributed by atoms with van der Waals surface area (Å²) in [6.07, 6.45) is 1.86. The minimum absolute atomic E-state index is 0.130. The predicted octanol–water partition coefficient (Wildman–Crippen LogP) is 2.19. The van der Waals surface area contributed by atoms with Gasteiger partial charge in [0, 0.05) is 24.5 Å². The molecule has 0 aliphatic carbocycles. The first kappa shape index (κ1) is 19.3. The highest BCUT2D eigenvalue weighted by molar-refractivity contribution is 8.87. The van der Waals surface area contributed by atoms with Crippen molar-refractivity contribution in [3.8, 4) is 11.3 Å². The van der Waals surface area contributed by atoms with E-state index in [4.69, 9.17) is 5.14 Å².